The highest BCUT2D eigenvalue weighted by molar-refractivity contribution is 5.63. The molecule has 2 heterocycles. The summed E-state index contributed by atoms with van der Waals surface area (Å²) in [5.41, 5.74) is 0.171. The van der Waals surface area contributed by atoms with Gasteiger partial charge in [0.1, 0.15) is 17.7 Å². The van der Waals surface area contributed by atoms with Crippen LogP contribution in [-0.2, 0) is 5.60 Å². The Morgan fingerprint density at radius 3 is 2.13 bits per heavy atom. The molecule has 1 atom stereocenters. The first-order chi connectivity index (χ1) is 14.2. The van der Waals surface area contributed by atoms with Crippen LogP contribution in [0, 0.1) is 5.41 Å². The van der Waals surface area contributed by atoms with Crippen molar-refractivity contribution in [3.05, 3.63) is 66.4 Å². The molecule has 30 heavy (non-hydrogen) atoms. The second-order valence-corrected chi connectivity index (χ2v) is 7.74. The molecule has 0 spiro atoms. The molecule has 0 fully saturated rings. The van der Waals surface area contributed by atoms with Gasteiger partial charge in [0.15, 0.2) is 0 Å². The number of halogens is 2. The van der Waals surface area contributed by atoms with Crippen LogP contribution >= 0.6 is 0 Å². The van der Waals surface area contributed by atoms with Crippen molar-refractivity contribution in [2.24, 2.45) is 5.41 Å². The van der Waals surface area contributed by atoms with Crippen LogP contribution in [0.3, 0.4) is 0 Å². The molecule has 8 heteroatoms. The van der Waals surface area contributed by atoms with Gasteiger partial charge < -0.3 is 14.6 Å². The number of aliphatic hydroxyl groups is 1. The van der Waals surface area contributed by atoms with Crippen molar-refractivity contribution in [2.75, 3.05) is 7.11 Å². The summed E-state index contributed by atoms with van der Waals surface area (Å²) >= 11 is 0. The van der Waals surface area contributed by atoms with Crippen LogP contribution in [0.2, 0.25) is 0 Å². The van der Waals surface area contributed by atoms with E-state index in [4.69, 9.17) is 4.74 Å². The van der Waals surface area contributed by atoms with Crippen molar-refractivity contribution < 1.29 is 23.4 Å². The average Bonchev–Trinajstić information content (AvgIpc) is 2.72. The van der Waals surface area contributed by atoms with Crippen LogP contribution in [0.1, 0.15) is 32.0 Å². The number of alkyl halides is 2. The fourth-order valence-corrected chi connectivity index (χ4v) is 3.26. The number of aromatic nitrogens is 3. The quantitative estimate of drug-likeness (QED) is 0.642. The highest BCUT2D eigenvalue weighted by Crippen LogP contribution is 2.46. The number of ether oxygens (including phenoxy) is 2. The van der Waals surface area contributed by atoms with Gasteiger partial charge in [-0.2, -0.15) is 8.78 Å². The predicted molar refractivity (Wildman–Crippen MR) is 107 cm³/mol. The SMILES string of the molecule is COc1ncncc1C(O)(c1ccc(-c2ccc(OC(F)F)cc2)cn1)C(C)(C)C. The molecule has 3 rings (SSSR count). The zero-order valence-electron chi connectivity index (χ0n) is 17.1. The highest BCUT2D eigenvalue weighted by Gasteiger charge is 2.47. The Balaban J connectivity index is 1.99. The number of rotatable bonds is 6. The van der Waals surface area contributed by atoms with Gasteiger partial charge in [-0.1, -0.05) is 39.0 Å². The second-order valence-electron chi connectivity index (χ2n) is 7.74. The molecule has 2 aromatic heterocycles. The lowest BCUT2D eigenvalue weighted by molar-refractivity contribution is -0.0498. The van der Waals surface area contributed by atoms with Gasteiger partial charge in [0.25, 0.3) is 0 Å². The molecule has 1 N–H and O–H groups in total. The number of benzene rings is 1. The van der Waals surface area contributed by atoms with Crippen LogP contribution in [-0.4, -0.2) is 33.8 Å². The maximum atomic E-state index is 12.3. The van der Waals surface area contributed by atoms with E-state index in [1.54, 1.807) is 30.5 Å². The van der Waals surface area contributed by atoms with Crippen LogP contribution in [0.5, 0.6) is 11.6 Å². The summed E-state index contributed by atoms with van der Waals surface area (Å²) in [4.78, 5) is 12.7. The van der Waals surface area contributed by atoms with Crippen LogP contribution < -0.4 is 9.47 Å². The maximum absolute atomic E-state index is 12.3. The van der Waals surface area contributed by atoms with E-state index in [0.29, 0.717) is 11.3 Å². The summed E-state index contributed by atoms with van der Waals surface area (Å²) < 4.78 is 34.3. The fraction of sp³-hybridized carbons (Fsp3) is 0.318. The van der Waals surface area contributed by atoms with Crippen molar-refractivity contribution in [3.63, 3.8) is 0 Å². The number of hydrogen-bond acceptors (Lipinski definition) is 6. The largest absolute Gasteiger partial charge is 0.481 e. The molecule has 0 amide bonds. The van der Waals surface area contributed by atoms with E-state index in [2.05, 4.69) is 19.7 Å². The minimum absolute atomic E-state index is 0.0802. The summed E-state index contributed by atoms with van der Waals surface area (Å²) in [5.74, 6) is 0.347. The third kappa shape index (κ3) is 4.09. The van der Waals surface area contributed by atoms with Gasteiger partial charge in [0.2, 0.25) is 5.88 Å². The Kier molecular flexibility index (Phi) is 5.98. The molecular weight excluding hydrogens is 392 g/mol. The summed E-state index contributed by atoms with van der Waals surface area (Å²) in [6.07, 6.45) is 4.49. The van der Waals surface area contributed by atoms with Crippen molar-refractivity contribution in [3.8, 4) is 22.8 Å². The highest BCUT2D eigenvalue weighted by atomic mass is 19.3. The molecule has 0 aliphatic rings. The smallest absolute Gasteiger partial charge is 0.387 e. The fourth-order valence-electron chi connectivity index (χ4n) is 3.26. The monoisotopic (exact) mass is 415 g/mol. The minimum Gasteiger partial charge on any atom is -0.481 e. The third-order valence-corrected chi connectivity index (χ3v) is 4.89. The van der Waals surface area contributed by atoms with Gasteiger partial charge in [-0.15, -0.1) is 0 Å². The zero-order chi connectivity index (χ0) is 21.9. The van der Waals surface area contributed by atoms with Gasteiger partial charge >= 0.3 is 6.61 Å². The van der Waals surface area contributed by atoms with Gasteiger partial charge in [-0.05, 0) is 23.8 Å². The lowest BCUT2D eigenvalue weighted by atomic mass is 9.70. The molecule has 0 bridgehead atoms. The first-order valence-electron chi connectivity index (χ1n) is 9.25. The average molecular weight is 415 g/mol. The summed E-state index contributed by atoms with van der Waals surface area (Å²) in [6, 6.07) is 9.78. The number of hydrogen-bond donors (Lipinski definition) is 1. The van der Waals surface area contributed by atoms with Crippen LogP contribution in [0.15, 0.2) is 55.1 Å². The lowest BCUT2D eigenvalue weighted by Crippen LogP contribution is -2.42. The van der Waals surface area contributed by atoms with Gasteiger partial charge in [-0.25, -0.2) is 9.97 Å². The van der Waals surface area contributed by atoms with Crippen molar-refractivity contribution in [2.45, 2.75) is 33.0 Å². The lowest BCUT2D eigenvalue weighted by Gasteiger charge is -2.40. The molecule has 6 nitrogen and oxygen atoms in total. The second kappa shape index (κ2) is 8.31. The number of pyridine rings is 1. The van der Waals surface area contributed by atoms with Crippen molar-refractivity contribution in [1.82, 2.24) is 15.0 Å². The number of methoxy groups -OCH3 is 1. The Labute approximate surface area is 173 Å². The van der Waals surface area contributed by atoms with Gasteiger partial charge in [0, 0.05) is 23.4 Å². The molecule has 0 saturated carbocycles. The van der Waals surface area contributed by atoms with E-state index in [1.165, 1.54) is 31.8 Å². The maximum Gasteiger partial charge on any atom is 0.387 e. The summed E-state index contributed by atoms with van der Waals surface area (Å²) in [5, 5.41) is 11.8. The van der Waals surface area contributed by atoms with Crippen molar-refractivity contribution >= 4 is 0 Å². The van der Waals surface area contributed by atoms with Gasteiger partial charge in [0.05, 0.1) is 18.4 Å². The molecule has 1 unspecified atom stereocenters. The molecule has 0 saturated heterocycles. The molecule has 0 aliphatic carbocycles. The standard InChI is InChI=1S/C22H23F2N3O3/c1-21(2,3)22(28,17-12-25-13-27-19(17)29-4)18-10-7-15(11-26-18)14-5-8-16(9-6-14)30-20(23)24/h5-13,20,28H,1-4H3. The van der Waals surface area contributed by atoms with E-state index in [0.717, 1.165) is 11.1 Å². The van der Waals surface area contributed by atoms with E-state index in [9.17, 15) is 13.9 Å². The predicted octanol–water partition coefficient (Wildman–Crippen LogP) is 4.43. The minimum atomic E-state index is -2.87. The Hall–Kier alpha value is -3.13. The van der Waals surface area contributed by atoms with E-state index in [1.807, 2.05) is 20.8 Å². The van der Waals surface area contributed by atoms with E-state index < -0.39 is 17.6 Å². The molecule has 3 aromatic rings. The Bertz CT molecular complexity index is 990. The van der Waals surface area contributed by atoms with Crippen LogP contribution in [0.25, 0.3) is 11.1 Å². The van der Waals surface area contributed by atoms with Crippen molar-refractivity contribution in [1.29, 1.82) is 0 Å². The number of nitrogens with zero attached hydrogens (tertiary/aromatic N) is 3. The van der Waals surface area contributed by atoms with E-state index in [-0.39, 0.29) is 11.6 Å². The van der Waals surface area contributed by atoms with Gasteiger partial charge in [-0.3, -0.25) is 4.98 Å². The molecular formula is C22H23F2N3O3. The van der Waals surface area contributed by atoms with Crippen LogP contribution in [0.4, 0.5) is 8.78 Å². The summed E-state index contributed by atoms with van der Waals surface area (Å²) in [7, 11) is 1.48. The third-order valence-electron chi connectivity index (χ3n) is 4.89. The first-order valence-corrected chi connectivity index (χ1v) is 9.25. The topological polar surface area (TPSA) is 77.4 Å². The summed E-state index contributed by atoms with van der Waals surface area (Å²) in [6.45, 7) is 2.79. The Morgan fingerprint density at radius 2 is 1.60 bits per heavy atom. The normalized spacial score (nSPS) is 13.7. The zero-order valence-corrected chi connectivity index (χ0v) is 17.1. The molecule has 0 aliphatic heterocycles. The Morgan fingerprint density at radius 1 is 0.933 bits per heavy atom. The molecule has 158 valence electrons. The molecule has 0 radical (unpaired) electrons. The molecule has 1 aromatic carbocycles. The first kappa shape index (κ1) is 21.6. The van der Waals surface area contributed by atoms with E-state index >= 15 is 0 Å².